The second-order valence-electron chi connectivity index (χ2n) is 17.1. The molecule has 0 saturated heterocycles. The summed E-state index contributed by atoms with van der Waals surface area (Å²) in [4.78, 5) is 0. The molecule has 4 rings (SSSR count). The number of hydrogen-bond donors (Lipinski definition) is 1. The van der Waals surface area contributed by atoms with Crippen LogP contribution in [0.2, 0.25) is 36.3 Å². The van der Waals surface area contributed by atoms with Crippen molar-refractivity contribution in [2.75, 3.05) is 7.05 Å². The predicted octanol–water partition coefficient (Wildman–Crippen LogP) is 14.1. The highest BCUT2D eigenvalue weighted by atomic mass is 32.1. The second kappa shape index (κ2) is 23.7. The van der Waals surface area contributed by atoms with Crippen molar-refractivity contribution in [1.82, 2.24) is 5.09 Å². The highest BCUT2D eigenvalue weighted by molar-refractivity contribution is 8.39. The summed E-state index contributed by atoms with van der Waals surface area (Å²) in [7, 11) is -2.71. The average molecular weight is 825 g/mol. The van der Waals surface area contributed by atoms with Crippen LogP contribution in [0.4, 0.5) is 0 Å². The molecule has 0 aliphatic carbocycles. The van der Waals surface area contributed by atoms with Crippen molar-refractivity contribution < 1.29 is 0 Å². The van der Waals surface area contributed by atoms with Gasteiger partial charge < -0.3 is 0 Å². The first-order chi connectivity index (χ1) is 27.2. The Labute approximate surface area is 350 Å². The van der Waals surface area contributed by atoms with E-state index in [1.165, 1.54) is 135 Å². The van der Waals surface area contributed by atoms with Gasteiger partial charge in [-0.2, -0.15) is 5.09 Å². The van der Waals surface area contributed by atoms with Crippen LogP contribution < -0.4 is 31.4 Å². The quantitative estimate of drug-likeness (QED) is 0.0491. The third-order valence-electron chi connectivity index (χ3n) is 13.0. The van der Waals surface area contributed by atoms with Gasteiger partial charge in [-0.3, -0.25) is 0 Å². The van der Waals surface area contributed by atoms with Crippen LogP contribution in [0.25, 0.3) is 11.1 Å². The summed E-state index contributed by atoms with van der Waals surface area (Å²) in [6.45, 7) is 19.2. The lowest BCUT2D eigenvalue weighted by Gasteiger charge is -2.37. The summed E-state index contributed by atoms with van der Waals surface area (Å²) in [6, 6.07) is 45.4. The lowest BCUT2D eigenvalue weighted by molar-refractivity contribution is 0.800. The number of nitrogens with one attached hydrogen (secondary N) is 1. The zero-order valence-electron chi connectivity index (χ0n) is 37.3. The predicted molar refractivity (Wildman–Crippen MR) is 266 cm³/mol. The molecule has 306 valence electrons. The van der Waals surface area contributed by atoms with E-state index in [9.17, 15) is 0 Å². The molecule has 0 heterocycles. The van der Waals surface area contributed by atoms with E-state index in [1.54, 1.807) is 26.5 Å². The maximum Gasteiger partial charge on any atom is 0.165 e. The molecule has 0 saturated carbocycles. The molecular weight excluding hydrogens is 745 g/mol. The van der Waals surface area contributed by atoms with E-state index in [4.69, 9.17) is 0 Å². The van der Waals surface area contributed by atoms with E-state index in [0.717, 1.165) is 0 Å². The van der Waals surface area contributed by atoms with Crippen molar-refractivity contribution in [2.24, 2.45) is 0 Å². The molecule has 5 heteroatoms. The molecule has 0 aliphatic rings. The van der Waals surface area contributed by atoms with Gasteiger partial charge in [-0.05, 0) is 54.3 Å². The number of unbranched alkanes of at least 4 members (excludes halogenated alkanes) is 6. The molecule has 0 bridgehead atoms. The summed E-state index contributed by atoms with van der Waals surface area (Å²) in [5, 5.41) is 12.4. The smallest absolute Gasteiger partial charge is 0.165 e. The van der Waals surface area contributed by atoms with Crippen LogP contribution in [-0.4, -0.2) is 23.2 Å². The van der Waals surface area contributed by atoms with Gasteiger partial charge in [0.1, 0.15) is 18.9 Å². The zero-order chi connectivity index (χ0) is 40.4. The van der Waals surface area contributed by atoms with E-state index in [1.807, 2.05) is 0 Å². The Bertz CT molecular complexity index is 1710. The molecule has 2 atom stereocenters. The lowest BCUT2D eigenvalue weighted by Crippen LogP contribution is -2.50. The fourth-order valence-electron chi connectivity index (χ4n) is 9.64. The Hall–Kier alpha value is -1.87. The van der Waals surface area contributed by atoms with Gasteiger partial charge in [0.05, 0.1) is 16.1 Å². The van der Waals surface area contributed by atoms with Crippen LogP contribution in [0.3, 0.4) is 0 Å². The minimum atomic E-state index is -2.10. The van der Waals surface area contributed by atoms with E-state index in [0.29, 0.717) is 8.27 Å². The molecule has 4 aromatic carbocycles. The second-order valence-corrected chi connectivity index (χ2v) is 32.5. The summed E-state index contributed by atoms with van der Waals surface area (Å²) in [5.74, 6) is 0. The lowest BCUT2D eigenvalue weighted by atomic mass is 10.0. The van der Waals surface area contributed by atoms with Crippen molar-refractivity contribution >= 4 is 57.8 Å². The van der Waals surface area contributed by atoms with E-state index < -0.39 is 23.2 Å². The monoisotopic (exact) mass is 825 g/mol. The Morgan fingerprint density at radius 2 is 1.00 bits per heavy atom. The fraction of sp³-hybridized carbons (Fsp3) is 0.529. The standard InChI is InChI=1S/C51H80NP2Si2/c1-10-16-36-55(37-17-11-2,38-18-12-3)46-31-26-30-45(42-46)54(52-9,49-34-25-23-29-44(49)8)53-48-33-27-35-50(51(48)47-32-24-22-28-43(47)7)56(39-19-13-4,40-20-14-5)41-21-15-6/h22-35,42,52-53H,10-21,36-41H2,1-9H3/q+1. The normalized spacial score (nSPS) is 13.4. The van der Waals surface area contributed by atoms with Crippen molar-refractivity contribution in [3.05, 3.63) is 102 Å². The summed E-state index contributed by atoms with van der Waals surface area (Å²) in [5.41, 5.74) is 5.93. The van der Waals surface area contributed by atoms with Crippen molar-refractivity contribution in [3.63, 3.8) is 0 Å². The first-order valence-electron chi connectivity index (χ1n) is 23.0. The van der Waals surface area contributed by atoms with Crippen LogP contribution in [0.15, 0.2) is 91.0 Å². The SMILES string of the molecule is CCCC[Si](CCCC)(CCCC)c1cccc([P+](NC)(Pc2cccc([Si](CCCC)(CCCC)CCCC)c2-c2ccccc2C)c2ccccc2C)c1. The topological polar surface area (TPSA) is 12.0 Å². The molecule has 0 radical (unpaired) electrons. The van der Waals surface area contributed by atoms with Gasteiger partial charge >= 0.3 is 0 Å². The molecule has 56 heavy (non-hydrogen) atoms. The molecule has 4 aromatic rings. The van der Waals surface area contributed by atoms with Gasteiger partial charge in [0.25, 0.3) is 0 Å². The minimum Gasteiger partial charge on any atom is -0.184 e. The van der Waals surface area contributed by atoms with Crippen LogP contribution >= 0.6 is 15.4 Å². The number of rotatable bonds is 26. The Balaban J connectivity index is 2.09. The third-order valence-corrected chi connectivity index (χ3v) is 31.8. The van der Waals surface area contributed by atoms with Gasteiger partial charge in [0.2, 0.25) is 0 Å². The molecule has 2 unspecified atom stereocenters. The van der Waals surface area contributed by atoms with Crippen LogP contribution in [0, 0.1) is 13.8 Å². The highest BCUT2D eigenvalue weighted by Gasteiger charge is 2.47. The Morgan fingerprint density at radius 1 is 0.518 bits per heavy atom. The molecule has 0 aliphatic heterocycles. The Morgan fingerprint density at radius 3 is 1.50 bits per heavy atom. The van der Waals surface area contributed by atoms with Crippen molar-refractivity contribution in [2.45, 2.75) is 169 Å². The van der Waals surface area contributed by atoms with E-state index >= 15 is 0 Å². The van der Waals surface area contributed by atoms with E-state index in [-0.39, 0.29) is 0 Å². The Kier molecular flexibility index (Phi) is 19.8. The molecular formula is C51H80NP2Si2+. The van der Waals surface area contributed by atoms with Crippen LogP contribution in [-0.2, 0) is 0 Å². The van der Waals surface area contributed by atoms with Crippen molar-refractivity contribution in [3.8, 4) is 11.1 Å². The maximum atomic E-state index is 4.25. The molecule has 0 aromatic heterocycles. The largest absolute Gasteiger partial charge is 0.184 e. The zero-order valence-corrected chi connectivity index (χ0v) is 41.2. The molecule has 0 amide bonds. The first kappa shape index (κ1) is 46.8. The van der Waals surface area contributed by atoms with Crippen LogP contribution in [0.5, 0.6) is 0 Å². The minimum absolute atomic E-state index is 0.641. The van der Waals surface area contributed by atoms with Gasteiger partial charge in [-0.1, -0.05) is 238 Å². The summed E-state index contributed by atoms with van der Waals surface area (Å²) in [6.07, 6.45) is 15.9. The fourth-order valence-corrected chi connectivity index (χ4v) is 28.9. The van der Waals surface area contributed by atoms with Crippen LogP contribution in [0.1, 0.15) is 130 Å². The molecule has 1 nitrogen and oxygen atoms in total. The number of aryl methyl sites for hydroxylation is 2. The summed E-state index contributed by atoms with van der Waals surface area (Å²) >= 11 is 0. The first-order valence-corrected chi connectivity index (χ1v) is 31.9. The maximum absolute atomic E-state index is 4.25. The summed E-state index contributed by atoms with van der Waals surface area (Å²) < 4.78 is 0. The van der Waals surface area contributed by atoms with Gasteiger partial charge in [-0.25, -0.2) is 0 Å². The third kappa shape index (κ3) is 11.2. The number of benzene rings is 4. The molecule has 0 spiro atoms. The van der Waals surface area contributed by atoms with Crippen molar-refractivity contribution in [1.29, 1.82) is 0 Å². The van der Waals surface area contributed by atoms with Gasteiger partial charge in [-0.15, -0.1) is 0 Å². The molecule has 1 N–H and O–H groups in total. The average Bonchev–Trinajstić information content (AvgIpc) is 3.23. The number of hydrogen-bond acceptors (Lipinski definition) is 1. The molecule has 0 fully saturated rings. The van der Waals surface area contributed by atoms with E-state index in [2.05, 4.69) is 159 Å². The van der Waals surface area contributed by atoms with Gasteiger partial charge in [0, 0.05) is 12.4 Å². The van der Waals surface area contributed by atoms with Gasteiger partial charge in [0.15, 0.2) is 7.10 Å². The highest BCUT2D eigenvalue weighted by Crippen LogP contribution is 2.69.